The second-order valence-electron chi connectivity index (χ2n) is 8.55. The predicted molar refractivity (Wildman–Crippen MR) is 146 cm³/mol. The van der Waals surface area contributed by atoms with Crippen LogP contribution in [0.25, 0.3) is 0 Å². The number of halogens is 2. The van der Waals surface area contributed by atoms with Gasteiger partial charge in [-0.3, -0.25) is 14.3 Å². The Morgan fingerprint density at radius 1 is 0.975 bits per heavy atom. The summed E-state index contributed by atoms with van der Waals surface area (Å²) in [6.07, 6.45) is 1.41. The van der Waals surface area contributed by atoms with E-state index < -0.39 is 33.4 Å². The molecule has 1 saturated heterocycles. The number of furan rings is 1. The van der Waals surface area contributed by atoms with Crippen molar-refractivity contribution in [3.8, 4) is 5.75 Å². The summed E-state index contributed by atoms with van der Waals surface area (Å²) in [6.45, 7) is 2.73. The predicted octanol–water partition coefficient (Wildman–Crippen LogP) is 3.93. The van der Waals surface area contributed by atoms with Gasteiger partial charge in [0.25, 0.3) is 21.8 Å². The van der Waals surface area contributed by atoms with Crippen LogP contribution in [-0.2, 0) is 19.6 Å². The lowest BCUT2D eigenvalue weighted by atomic mass is 10.2. The van der Waals surface area contributed by atoms with Crippen LogP contribution in [0, 0.1) is 0 Å². The normalized spacial score (nSPS) is 13.6. The minimum Gasteiger partial charge on any atom is -0.494 e. The van der Waals surface area contributed by atoms with Gasteiger partial charge in [-0.05, 0) is 55.5 Å². The Morgan fingerprint density at radius 2 is 1.65 bits per heavy atom. The molecular weight excluding hydrogens is 585 g/mol. The maximum absolute atomic E-state index is 13.0. The van der Waals surface area contributed by atoms with Gasteiger partial charge in [-0.1, -0.05) is 23.2 Å². The van der Waals surface area contributed by atoms with Crippen LogP contribution in [0.4, 0.5) is 5.69 Å². The first kappa shape index (κ1) is 29.2. The number of hydrogen-bond donors (Lipinski definition) is 1. The third-order valence-electron chi connectivity index (χ3n) is 5.93. The Bertz CT molecular complexity index is 1490. The second kappa shape index (κ2) is 12.6. The molecule has 212 valence electrons. The molecule has 1 aromatic heterocycles. The number of hydrogen-bond acceptors (Lipinski definition) is 8. The van der Waals surface area contributed by atoms with Crippen LogP contribution in [-0.4, -0.2) is 75.4 Å². The smallest absolute Gasteiger partial charge is 0.340 e. The molecule has 3 aromatic rings. The van der Waals surface area contributed by atoms with E-state index in [1.807, 2.05) is 6.92 Å². The highest BCUT2D eigenvalue weighted by Gasteiger charge is 2.28. The van der Waals surface area contributed by atoms with E-state index in [0.717, 1.165) is 12.1 Å². The van der Waals surface area contributed by atoms with Crippen LogP contribution in [0.15, 0.2) is 64.1 Å². The molecule has 0 unspecified atom stereocenters. The summed E-state index contributed by atoms with van der Waals surface area (Å²) < 4.78 is 44.0. The number of rotatable bonds is 9. The Kier molecular flexibility index (Phi) is 9.23. The number of ether oxygens (including phenoxy) is 2. The van der Waals surface area contributed by atoms with E-state index in [-0.39, 0.29) is 59.1 Å². The number of nitrogens with one attached hydrogen (secondary N) is 1. The van der Waals surface area contributed by atoms with Crippen molar-refractivity contribution in [3.05, 3.63) is 76.2 Å². The van der Waals surface area contributed by atoms with Gasteiger partial charge in [-0.2, -0.15) is 0 Å². The van der Waals surface area contributed by atoms with Crippen LogP contribution >= 0.6 is 23.2 Å². The molecule has 2 amide bonds. The molecule has 0 bridgehead atoms. The molecule has 0 radical (unpaired) electrons. The minimum absolute atomic E-state index is 0.146. The number of esters is 1. The number of carbonyl (C=O) groups is 3. The number of sulfonamides is 1. The molecule has 1 N–H and O–H groups in total. The van der Waals surface area contributed by atoms with Gasteiger partial charge in [-0.15, -0.1) is 0 Å². The quantitative estimate of drug-likeness (QED) is 0.360. The largest absolute Gasteiger partial charge is 0.494 e. The third-order valence-corrected chi connectivity index (χ3v) is 8.09. The van der Waals surface area contributed by atoms with Crippen LogP contribution < -0.4 is 9.46 Å². The number of amides is 2. The van der Waals surface area contributed by atoms with Crippen LogP contribution in [0.3, 0.4) is 0 Å². The van der Waals surface area contributed by atoms with Gasteiger partial charge >= 0.3 is 5.97 Å². The summed E-state index contributed by atoms with van der Waals surface area (Å²) in [5.74, 6) is -0.972. The van der Waals surface area contributed by atoms with Gasteiger partial charge in [0.2, 0.25) is 0 Å². The Balaban J connectivity index is 1.37. The lowest BCUT2D eigenvalue weighted by molar-refractivity contribution is -0.136. The molecule has 11 nitrogen and oxygen atoms in total. The standard InChI is InChI=1S/C26H25Cl2N3O8S/c1-2-37-18-7-5-17(6-8-18)29-40(35,36)23-14-19(20(27)15-21(23)28)26(34)39-16-24(32)30-9-11-31(12-10-30)25(33)22-4-3-13-38-22/h3-8,13-15,29H,2,9-12,16H2,1H3. The first-order valence-corrected chi connectivity index (χ1v) is 14.4. The van der Waals surface area contributed by atoms with Gasteiger partial charge in [0.15, 0.2) is 12.4 Å². The molecule has 1 aliphatic rings. The molecular formula is C26H25Cl2N3O8S. The summed E-state index contributed by atoms with van der Waals surface area (Å²) in [6, 6.07) is 11.5. The molecule has 4 rings (SSSR count). The first-order valence-electron chi connectivity index (χ1n) is 12.1. The molecule has 0 spiro atoms. The fourth-order valence-electron chi connectivity index (χ4n) is 3.90. The van der Waals surface area contributed by atoms with Crippen LogP contribution in [0.2, 0.25) is 10.0 Å². The number of piperazine rings is 1. The topological polar surface area (TPSA) is 135 Å². The van der Waals surface area contributed by atoms with E-state index in [9.17, 15) is 22.8 Å². The van der Waals surface area contributed by atoms with E-state index in [1.165, 1.54) is 23.3 Å². The van der Waals surface area contributed by atoms with Gasteiger partial charge < -0.3 is 23.7 Å². The van der Waals surface area contributed by atoms with E-state index in [4.69, 9.17) is 37.1 Å². The maximum atomic E-state index is 13.0. The van der Waals surface area contributed by atoms with Gasteiger partial charge in [0.1, 0.15) is 10.6 Å². The molecule has 2 aromatic carbocycles. The zero-order valence-corrected chi connectivity index (χ0v) is 23.6. The van der Waals surface area contributed by atoms with Crippen molar-refractivity contribution in [3.63, 3.8) is 0 Å². The monoisotopic (exact) mass is 609 g/mol. The molecule has 40 heavy (non-hydrogen) atoms. The Morgan fingerprint density at radius 3 is 2.27 bits per heavy atom. The second-order valence-corrected chi connectivity index (χ2v) is 11.0. The molecule has 1 aliphatic heterocycles. The molecule has 14 heteroatoms. The maximum Gasteiger partial charge on any atom is 0.340 e. The number of anilines is 1. The fraction of sp³-hybridized carbons (Fsp3) is 0.269. The van der Waals surface area contributed by atoms with Gasteiger partial charge in [-0.25, -0.2) is 13.2 Å². The van der Waals surface area contributed by atoms with Gasteiger partial charge in [0.05, 0.1) is 28.5 Å². The Hall–Kier alpha value is -3.74. The highest BCUT2D eigenvalue weighted by Crippen LogP contribution is 2.31. The van der Waals surface area contributed by atoms with Crippen molar-refractivity contribution in [2.45, 2.75) is 11.8 Å². The van der Waals surface area contributed by atoms with Crippen LogP contribution in [0.5, 0.6) is 5.75 Å². The van der Waals surface area contributed by atoms with Crippen molar-refractivity contribution in [2.24, 2.45) is 0 Å². The first-order chi connectivity index (χ1) is 19.1. The fourth-order valence-corrected chi connectivity index (χ4v) is 5.81. The van der Waals surface area contributed by atoms with Crippen molar-refractivity contribution in [2.75, 3.05) is 44.1 Å². The minimum atomic E-state index is -4.22. The number of carbonyl (C=O) groups excluding carboxylic acids is 3. The van der Waals surface area contributed by atoms with E-state index >= 15 is 0 Å². The summed E-state index contributed by atoms with van der Waals surface area (Å²) >= 11 is 12.3. The van der Waals surface area contributed by atoms with E-state index in [2.05, 4.69) is 4.72 Å². The van der Waals surface area contributed by atoms with Crippen molar-refractivity contribution < 1.29 is 36.7 Å². The van der Waals surface area contributed by atoms with Crippen molar-refractivity contribution in [1.82, 2.24) is 9.80 Å². The van der Waals surface area contributed by atoms with E-state index in [0.29, 0.717) is 12.4 Å². The van der Waals surface area contributed by atoms with Crippen molar-refractivity contribution >= 4 is 56.7 Å². The summed E-state index contributed by atoms with van der Waals surface area (Å²) in [5, 5.41) is -0.356. The SMILES string of the molecule is CCOc1ccc(NS(=O)(=O)c2cc(C(=O)OCC(=O)N3CCN(C(=O)c4ccco4)CC3)c(Cl)cc2Cl)cc1. The van der Waals surface area contributed by atoms with E-state index in [1.54, 1.807) is 29.2 Å². The average molecular weight is 610 g/mol. The van der Waals surface area contributed by atoms with Crippen LogP contribution in [0.1, 0.15) is 27.8 Å². The number of benzene rings is 2. The summed E-state index contributed by atoms with van der Waals surface area (Å²) in [5.41, 5.74) is -0.0325. The zero-order chi connectivity index (χ0) is 28.9. The molecule has 1 fully saturated rings. The molecule has 0 aliphatic carbocycles. The van der Waals surface area contributed by atoms with Gasteiger partial charge in [0, 0.05) is 31.9 Å². The zero-order valence-electron chi connectivity index (χ0n) is 21.3. The summed E-state index contributed by atoms with van der Waals surface area (Å²) in [4.78, 5) is 40.4. The highest BCUT2D eigenvalue weighted by atomic mass is 35.5. The Labute approximate surface area is 240 Å². The lowest BCUT2D eigenvalue weighted by Crippen LogP contribution is -2.51. The lowest BCUT2D eigenvalue weighted by Gasteiger charge is -2.34. The molecule has 0 saturated carbocycles. The molecule has 0 atom stereocenters. The average Bonchev–Trinajstić information content (AvgIpc) is 3.47. The molecule has 2 heterocycles. The highest BCUT2D eigenvalue weighted by molar-refractivity contribution is 7.92. The number of nitrogens with zero attached hydrogens (tertiary/aromatic N) is 2. The van der Waals surface area contributed by atoms with Crippen molar-refractivity contribution in [1.29, 1.82) is 0 Å². The third kappa shape index (κ3) is 6.87. The summed E-state index contributed by atoms with van der Waals surface area (Å²) in [7, 11) is -4.22.